The minimum Gasteiger partial charge on any atom is -0.445 e. The van der Waals surface area contributed by atoms with Crippen molar-refractivity contribution in [2.24, 2.45) is 0 Å². The van der Waals surface area contributed by atoms with Crippen LogP contribution in [0.3, 0.4) is 0 Å². The molecule has 0 saturated carbocycles. The van der Waals surface area contributed by atoms with Gasteiger partial charge in [0, 0.05) is 6.61 Å². The van der Waals surface area contributed by atoms with Crippen LogP contribution in [0, 0.1) is 0 Å². The van der Waals surface area contributed by atoms with Crippen LogP contribution in [0.2, 0.25) is 0 Å². The summed E-state index contributed by atoms with van der Waals surface area (Å²) in [5, 5.41) is 0. The molecule has 0 amide bonds. The monoisotopic (exact) mass is 268 g/mol. The maximum Gasteiger partial charge on any atom is 1.00 e. The van der Waals surface area contributed by atoms with E-state index in [2.05, 4.69) is 6.58 Å². The van der Waals surface area contributed by atoms with E-state index in [1.54, 1.807) is 6.92 Å². The second-order valence-corrected chi connectivity index (χ2v) is 3.60. The summed E-state index contributed by atoms with van der Waals surface area (Å²) >= 11 is 0. The van der Waals surface area contributed by atoms with Gasteiger partial charge in [-0.1, -0.05) is 30.3 Å². The first-order chi connectivity index (χ1) is 7.41. The average Bonchev–Trinajstić information content (AvgIpc) is 2.25. The van der Waals surface area contributed by atoms with Gasteiger partial charge < -0.3 is 17.7 Å². The van der Waals surface area contributed by atoms with Crippen LogP contribution in [-0.4, -0.2) is 13.6 Å². The van der Waals surface area contributed by atoms with E-state index in [0.717, 1.165) is 5.56 Å². The summed E-state index contributed by atoms with van der Waals surface area (Å²) in [6, 6.07) is 9.10. The molecule has 0 bridgehead atoms. The Kier molecular flexibility index (Phi) is 7.95. The number of halogens is 3. The van der Waals surface area contributed by atoms with Crippen LogP contribution in [0.15, 0.2) is 42.4 Å². The predicted molar refractivity (Wildman–Crippen MR) is 59.0 cm³/mol. The Labute approximate surface area is 142 Å². The summed E-state index contributed by atoms with van der Waals surface area (Å²) in [7, 11) is 0. The molecule has 1 rings (SSSR count). The Morgan fingerprint density at radius 1 is 1.29 bits per heavy atom. The molecule has 1 nitrogen and oxygen atoms in total. The molecule has 0 spiro atoms. The molecule has 0 aliphatic carbocycles. The van der Waals surface area contributed by atoms with Crippen molar-refractivity contribution in [3.63, 3.8) is 0 Å². The molecular formula is C11H13BF3KO. The Balaban J connectivity index is 0.00000256. The quantitative estimate of drug-likeness (QED) is 0.715. The van der Waals surface area contributed by atoms with Crippen LogP contribution in [0.5, 0.6) is 0 Å². The second kappa shape index (κ2) is 7.76. The van der Waals surface area contributed by atoms with Crippen molar-refractivity contribution in [3.05, 3.63) is 47.9 Å². The van der Waals surface area contributed by atoms with Gasteiger partial charge in [0.05, 0.1) is 6.10 Å². The van der Waals surface area contributed by atoms with E-state index in [0.29, 0.717) is 0 Å². The number of rotatable bonds is 5. The predicted octanol–water partition coefficient (Wildman–Crippen LogP) is 0.711. The van der Waals surface area contributed by atoms with Gasteiger partial charge in [-0.25, -0.2) is 0 Å². The third kappa shape index (κ3) is 6.22. The zero-order valence-corrected chi connectivity index (χ0v) is 13.1. The van der Waals surface area contributed by atoms with Crippen molar-refractivity contribution >= 4 is 6.98 Å². The maximum atomic E-state index is 12.2. The zero-order chi connectivity index (χ0) is 12.2. The van der Waals surface area contributed by atoms with Crippen molar-refractivity contribution in [1.29, 1.82) is 0 Å². The normalized spacial score (nSPS) is 12.7. The molecular weight excluding hydrogens is 255 g/mol. The van der Waals surface area contributed by atoms with Gasteiger partial charge >= 0.3 is 58.4 Å². The third-order valence-corrected chi connectivity index (χ3v) is 2.25. The largest absolute Gasteiger partial charge is 1.00 e. The Morgan fingerprint density at radius 3 is 2.29 bits per heavy atom. The number of benzene rings is 1. The van der Waals surface area contributed by atoms with E-state index < -0.39 is 19.1 Å². The molecule has 1 aromatic rings. The SMILES string of the molecule is C=C(COC(C)c1ccccc1)[B-](F)(F)F.[K+]. The van der Waals surface area contributed by atoms with Gasteiger partial charge in [-0.05, 0) is 12.5 Å². The molecule has 0 fully saturated rings. The summed E-state index contributed by atoms with van der Waals surface area (Å²) in [5.41, 5.74) is 0.0488. The van der Waals surface area contributed by atoms with Gasteiger partial charge in [0.2, 0.25) is 0 Å². The molecule has 0 heterocycles. The van der Waals surface area contributed by atoms with Gasteiger partial charge in [-0.3, -0.25) is 0 Å². The standard InChI is InChI=1S/C11H13BF3O.K/c1-9(12(13,14)15)8-16-10(2)11-6-4-3-5-7-11;/h3-7,10H,1,8H2,2H3;/q-1;+1. The Hall–Kier alpha value is 0.411. The minimum absolute atomic E-state index is 0. The molecule has 0 N–H and O–H groups in total. The van der Waals surface area contributed by atoms with Gasteiger partial charge in [0.15, 0.2) is 0 Å². The molecule has 17 heavy (non-hydrogen) atoms. The summed E-state index contributed by atoms with van der Waals surface area (Å²) in [5.74, 6) is 0. The first-order valence-electron chi connectivity index (χ1n) is 4.95. The molecule has 88 valence electrons. The third-order valence-electron chi connectivity index (χ3n) is 2.25. The fourth-order valence-electron chi connectivity index (χ4n) is 1.15. The second-order valence-electron chi connectivity index (χ2n) is 3.60. The van der Waals surface area contributed by atoms with Gasteiger partial charge in [0.1, 0.15) is 0 Å². The van der Waals surface area contributed by atoms with Crippen molar-refractivity contribution < 1.29 is 69.1 Å². The van der Waals surface area contributed by atoms with Crippen LogP contribution in [0.1, 0.15) is 18.6 Å². The molecule has 0 aromatic heterocycles. The molecule has 0 saturated heterocycles. The van der Waals surface area contributed by atoms with Crippen LogP contribution < -0.4 is 51.4 Å². The van der Waals surface area contributed by atoms with E-state index in [4.69, 9.17) is 4.74 Å². The van der Waals surface area contributed by atoms with E-state index in [1.807, 2.05) is 30.3 Å². The van der Waals surface area contributed by atoms with Crippen LogP contribution in [-0.2, 0) is 4.74 Å². The molecule has 0 aliphatic rings. The first-order valence-corrected chi connectivity index (χ1v) is 4.95. The Bertz CT molecular complexity index is 353. The molecule has 0 radical (unpaired) electrons. The minimum atomic E-state index is -4.99. The summed E-state index contributed by atoms with van der Waals surface area (Å²) in [6.45, 7) is -0.784. The number of hydrogen-bond donors (Lipinski definition) is 0. The fourth-order valence-corrected chi connectivity index (χ4v) is 1.15. The van der Waals surface area contributed by atoms with Gasteiger partial charge in [-0.2, -0.15) is 0 Å². The fraction of sp³-hybridized carbons (Fsp3) is 0.273. The number of hydrogen-bond acceptors (Lipinski definition) is 1. The van der Waals surface area contributed by atoms with E-state index in [9.17, 15) is 12.9 Å². The van der Waals surface area contributed by atoms with Crippen molar-refractivity contribution in [2.45, 2.75) is 13.0 Å². The van der Waals surface area contributed by atoms with Crippen molar-refractivity contribution in [3.8, 4) is 0 Å². The zero-order valence-electron chi connectivity index (χ0n) is 10.00. The molecule has 1 unspecified atom stereocenters. The first kappa shape index (κ1) is 17.4. The number of ether oxygens (including phenoxy) is 1. The Morgan fingerprint density at radius 2 is 1.82 bits per heavy atom. The summed E-state index contributed by atoms with van der Waals surface area (Å²) < 4.78 is 41.7. The van der Waals surface area contributed by atoms with Crippen LogP contribution in [0.4, 0.5) is 12.9 Å². The molecule has 6 heteroatoms. The van der Waals surface area contributed by atoms with E-state index >= 15 is 0 Å². The molecule has 1 atom stereocenters. The van der Waals surface area contributed by atoms with Gasteiger partial charge in [-0.15, -0.1) is 12.1 Å². The average molecular weight is 268 g/mol. The van der Waals surface area contributed by atoms with Crippen molar-refractivity contribution in [2.75, 3.05) is 6.61 Å². The smallest absolute Gasteiger partial charge is 0.445 e. The van der Waals surface area contributed by atoms with E-state index in [1.165, 1.54) is 0 Å². The molecule has 0 aliphatic heterocycles. The topological polar surface area (TPSA) is 9.23 Å². The van der Waals surface area contributed by atoms with Crippen LogP contribution >= 0.6 is 0 Å². The van der Waals surface area contributed by atoms with E-state index in [-0.39, 0.29) is 57.5 Å². The van der Waals surface area contributed by atoms with Gasteiger partial charge in [0.25, 0.3) is 0 Å². The summed E-state index contributed by atoms with van der Waals surface area (Å²) in [4.78, 5) is 0. The van der Waals surface area contributed by atoms with Crippen molar-refractivity contribution in [1.82, 2.24) is 0 Å². The van der Waals surface area contributed by atoms with Crippen LogP contribution in [0.25, 0.3) is 0 Å². The summed E-state index contributed by atoms with van der Waals surface area (Å²) in [6.07, 6.45) is -0.365. The maximum absolute atomic E-state index is 12.2. The molecule has 1 aromatic carbocycles.